The van der Waals surface area contributed by atoms with Gasteiger partial charge >= 0.3 is 0 Å². The summed E-state index contributed by atoms with van der Waals surface area (Å²) in [5, 5.41) is 15.6. The van der Waals surface area contributed by atoms with Crippen LogP contribution in [0.25, 0.3) is 0 Å². The Kier molecular flexibility index (Phi) is 8.63. The predicted molar refractivity (Wildman–Crippen MR) is 138 cm³/mol. The fourth-order valence-corrected chi connectivity index (χ4v) is 5.02. The lowest BCUT2D eigenvalue weighted by atomic mass is 9.92. The number of carbonyl (C=O) groups is 3. The van der Waals surface area contributed by atoms with Gasteiger partial charge in [0.15, 0.2) is 0 Å². The van der Waals surface area contributed by atoms with Crippen molar-refractivity contribution in [2.24, 2.45) is 0 Å². The van der Waals surface area contributed by atoms with Crippen molar-refractivity contribution < 1.29 is 33.4 Å². The molecule has 1 saturated heterocycles. The largest absolute Gasteiger partial charge is 0.496 e. The molecule has 0 saturated carbocycles. The van der Waals surface area contributed by atoms with E-state index in [1.807, 2.05) is 0 Å². The van der Waals surface area contributed by atoms with Crippen molar-refractivity contribution in [1.82, 2.24) is 15.5 Å². The summed E-state index contributed by atoms with van der Waals surface area (Å²) < 4.78 is 25.8. The Morgan fingerprint density at radius 3 is 2.58 bits per heavy atom. The van der Waals surface area contributed by atoms with E-state index in [2.05, 4.69) is 10.6 Å². The first-order chi connectivity index (χ1) is 18.2. The number of nitrogens with zero attached hydrogens (tertiary/aromatic N) is 1. The molecule has 10 heteroatoms. The molecular weight excluding hydrogens is 493 g/mol. The Hall–Kier alpha value is -3.50. The van der Waals surface area contributed by atoms with Crippen molar-refractivity contribution in [3.8, 4) is 5.75 Å². The maximum absolute atomic E-state index is 14.9. The molecule has 9 nitrogen and oxygen atoms in total. The first-order valence-electron chi connectivity index (χ1n) is 12.7. The van der Waals surface area contributed by atoms with Gasteiger partial charge in [0.2, 0.25) is 5.91 Å². The molecule has 204 valence electrons. The molecule has 4 rings (SSSR count). The van der Waals surface area contributed by atoms with E-state index in [1.165, 1.54) is 17.0 Å². The Morgan fingerprint density at radius 1 is 1.13 bits per heavy atom. The first kappa shape index (κ1) is 27.5. The highest BCUT2D eigenvalue weighted by Crippen LogP contribution is 2.37. The van der Waals surface area contributed by atoms with Crippen LogP contribution < -0.4 is 15.4 Å². The highest BCUT2D eigenvalue weighted by molar-refractivity contribution is 5.98. The Balaban J connectivity index is 1.57. The van der Waals surface area contributed by atoms with Gasteiger partial charge in [0.1, 0.15) is 11.6 Å². The summed E-state index contributed by atoms with van der Waals surface area (Å²) in [6.07, 6.45) is 2.60. The molecule has 2 aliphatic rings. The number of methoxy groups -OCH3 is 1. The SMILES string of the molecule is COc1c(C(=O)N[C@H]2CCOC[C@@H]2O)cc(Cc2ccc(C(=O)NCC(=O)N(C)C)c(F)c2)c2c1CCC2. The van der Waals surface area contributed by atoms with Crippen LogP contribution in [-0.4, -0.2) is 80.8 Å². The molecular formula is C28H34FN3O6. The van der Waals surface area contributed by atoms with Crippen molar-refractivity contribution in [3.05, 3.63) is 63.5 Å². The zero-order chi connectivity index (χ0) is 27.4. The van der Waals surface area contributed by atoms with Crippen LogP contribution in [-0.2, 0) is 28.8 Å². The molecule has 0 bridgehead atoms. The average Bonchev–Trinajstić information content (AvgIpc) is 3.38. The molecule has 1 aliphatic heterocycles. The summed E-state index contributed by atoms with van der Waals surface area (Å²) >= 11 is 0. The summed E-state index contributed by atoms with van der Waals surface area (Å²) in [6, 6.07) is 5.76. The number of nitrogens with one attached hydrogen (secondary N) is 2. The van der Waals surface area contributed by atoms with Gasteiger partial charge in [0, 0.05) is 20.7 Å². The minimum atomic E-state index is -0.785. The van der Waals surface area contributed by atoms with Gasteiger partial charge in [-0.2, -0.15) is 0 Å². The topological polar surface area (TPSA) is 117 Å². The molecule has 0 aromatic heterocycles. The second-order valence-electron chi connectivity index (χ2n) is 9.90. The molecule has 2 atom stereocenters. The molecule has 2 aromatic rings. The van der Waals surface area contributed by atoms with E-state index in [0.717, 1.165) is 36.0 Å². The number of hydrogen-bond acceptors (Lipinski definition) is 6. The quantitative estimate of drug-likeness (QED) is 0.480. The number of aliphatic hydroxyl groups is 1. The number of rotatable bonds is 8. The van der Waals surface area contributed by atoms with Crippen LogP contribution in [0.1, 0.15) is 55.8 Å². The van der Waals surface area contributed by atoms with Gasteiger partial charge in [-0.05, 0) is 72.6 Å². The summed E-state index contributed by atoms with van der Waals surface area (Å²) in [7, 11) is 4.69. The van der Waals surface area contributed by atoms with E-state index in [4.69, 9.17) is 9.47 Å². The number of fused-ring (bicyclic) bond motifs is 1. The van der Waals surface area contributed by atoms with E-state index in [-0.39, 0.29) is 30.5 Å². The number of aliphatic hydroxyl groups excluding tert-OH is 1. The van der Waals surface area contributed by atoms with Crippen molar-refractivity contribution in [1.29, 1.82) is 0 Å². The number of amides is 3. The van der Waals surface area contributed by atoms with Gasteiger partial charge < -0.3 is 30.1 Å². The van der Waals surface area contributed by atoms with Crippen molar-refractivity contribution in [2.75, 3.05) is 41.0 Å². The third kappa shape index (κ3) is 5.97. The van der Waals surface area contributed by atoms with Crippen LogP contribution in [0, 0.1) is 5.82 Å². The lowest BCUT2D eigenvalue weighted by Crippen LogP contribution is -2.48. The van der Waals surface area contributed by atoms with Crippen LogP contribution in [0.2, 0.25) is 0 Å². The molecule has 2 aromatic carbocycles. The minimum Gasteiger partial charge on any atom is -0.496 e. The third-order valence-electron chi connectivity index (χ3n) is 7.11. The fourth-order valence-electron chi connectivity index (χ4n) is 5.02. The molecule has 1 heterocycles. The van der Waals surface area contributed by atoms with Crippen LogP contribution in [0.5, 0.6) is 5.75 Å². The molecule has 0 unspecified atom stereocenters. The lowest BCUT2D eigenvalue weighted by molar-refractivity contribution is -0.127. The maximum Gasteiger partial charge on any atom is 0.255 e. The van der Waals surface area contributed by atoms with E-state index in [0.29, 0.717) is 36.3 Å². The van der Waals surface area contributed by atoms with Crippen LogP contribution in [0.4, 0.5) is 4.39 Å². The maximum atomic E-state index is 14.9. The Bertz CT molecular complexity index is 1230. The monoisotopic (exact) mass is 527 g/mol. The number of carbonyl (C=O) groups excluding carboxylic acids is 3. The number of likely N-dealkylation sites (N-methyl/N-ethyl adjacent to an activating group) is 1. The molecule has 38 heavy (non-hydrogen) atoms. The van der Waals surface area contributed by atoms with Crippen LogP contribution in [0.3, 0.4) is 0 Å². The second kappa shape index (κ2) is 11.9. The van der Waals surface area contributed by atoms with E-state index >= 15 is 0 Å². The standard InChI is InChI=1S/C28H34FN3O6/c1-32(2)25(34)14-30-27(35)20-8-7-16(12-22(20)29)11-17-13-21(26(37-3)19-6-4-5-18(17)19)28(36)31-23-9-10-38-15-24(23)33/h7-8,12-13,23-24,33H,4-6,9-11,14-15H2,1-3H3,(H,30,35)(H,31,36)/t23-,24-/m0/s1. The van der Waals surface area contributed by atoms with Gasteiger partial charge in [-0.1, -0.05) is 6.07 Å². The third-order valence-corrected chi connectivity index (χ3v) is 7.11. The molecule has 3 amide bonds. The number of ether oxygens (including phenoxy) is 2. The summed E-state index contributed by atoms with van der Waals surface area (Å²) in [4.78, 5) is 38.7. The smallest absolute Gasteiger partial charge is 0.255 e. The zero-order valence-corrected chi connectivity index (χ0v) is 21.9. The van der Waals surface area contributed by atoms with Gasteiger partial charge in [-0.15, -0.1) is 0 Å². The second-order valence-corrected chi connectivity index (χ2v) is 9.90. The number of hydrogen-bond donors (Lipinski definition) is 3. The van der Waals surface area contributed by atoms with E-state index in [9.17, 15) is 23.9 Å². The Morgan fingerprint density at radius 2 is 1.89 bits per heavy atom. The predicted octanol–water partition coefficient (Wildman–Crippen LogP) is 1.61. The molecule has 1 aliphatic carbocycles. The van der Waals surface area contributed by atoms with Gasteiger partial charge in [0.05, 0.1) is 43.5 Å². The van der Waals surface area contributed by atoms with Gasteiger partial charge in [-0.3, -0.25) is 14.4 Å². The fraction of sp³-hybridized carbons (Fsp3) is 0.464. The van der Waals surface area contributed by atoms with Gasteiger partial charge in [-0.25, -0.2) is 4.39 Å². The summed E-state index contributed by atoms with van der Waals surface area (Å²) in [5.74, 6) is -1.45. The number of halogens is 1. The Labute approximate surface area is 221 Å². The lowest BCUT2D eigenvalue weighted by Gasteiger charge is -2.29. The highest BCUT2D eigenvalue weighted by atomic mass is 19.1. The molecule has 0 radical (unpaired) electrons. The van der Waals surface area contributed by atoms with E-state index in [1.54, 1.807) is 33.3 Å². The molecule has 3 N–H and O–H groups in total. The van der Waals surface area contributed by atoms with Crippen LogP contribution >= 0.6 is 0 Å². The minimum absolute atomic E-state index is 0.143. The first-order valence-corrected chi connectivity index (χ1v) is 12.7. The average molecular weight is 528 g/mol. The van der Waals surface area contributed by atoms with Crippen molar-refractivity contribution in [2.45, 2.75) is 44.2 Å². The van der Waals surface area contributed by atoms with Crippen molar-refractivity contribution in [3.63, 3.8) is 0 Å². The summed E-state index contributed by atoms with van der Waals surface area (Å²) in [6.45, 7) is 0.407. The molecule has 1 fully saturated rings. The normalized spacial score (nSPS) is 18.4. The zero-order valence-electron chi connectivity index (χ0n) is 21.9. The van der Waals surface area contributed by atoms with Gasteiger partial charge in [0.25, 0.3) is 11.8 Å². The van der Waals surface area contributed by atoms with Crippen LogP contribution in [0.15, 0.2) is 24.3 Å². The number of benzene rings is 2. The highest BCUT2D eigenvalue weighted by Gasteiger charge is 2.30. The summed E-state index contributed by atoms with van der Waals surface area (Å²) in [5.41, 5.74) is 3.84. The molecule has 0 spiro atoms. The van der Waals surface area contributed by atoms with E-state index < -0.39 is 23.9 Å². The van der Waals surface area contributed by atoms with Crippen molar-refractivity contribution >= 4 is 17.7 Å².